The molecule has 1 aromatic heterocycles. The van der Waals surface area contributed by atoms with E-state index in [2.05, 4.69) is 24.0 Å². The molecule has 1 rings (SSSR count). The molecular weight excluding hydrogens is 206 g/mol. The van der Waals surface area contributed by atoms with Crippen molar-refractivity contribution >= 4 is 11.3 Å². The van der Waals surface area contributed by atoms with Crippen molar-refractivity contribution in [1.29, 1.82) is 0 Å². The van der Waals surface area contributed by atoms with Gasteiger partial charge in [0.25, 0.3) is 0 Å². The van der Waals surface area contributed by atoms with Crippen molar-refractivity contribution < 1.29 is 0 Å². The second kappa shape index (κ2) is 4.60. The van der Waals surface area contributed by atoms with Gasteiger partial charge in [-0.1, -0.05) is 0 Å². The summed E-state index contributed by atoms with van der Waals surface area (Å²) in [6.07, 6.45) is 1.01. The van der Waals surface area contributed by atoms with Crippen LogP contribution in [0.2, 0.25) is 0 Å². The lowest BCUT2D eigenvalue weighted by molar-refractivity contribution is 0.413. The number of thiazole rings is 1. The molecule has 0 aliphatic heterocycles. The van der Waals surface area contributed by atoms with Crippen LogP contribution < -0.4 is 5.73 Å². The smallest absolute Gasteiger partial charge is 0.0944 e. The largest absolute Gasteiger partial charge is 0.321 e. The molecule has 1 aromatic rings. The van der Waals surface area contributed by atoms with Crippen LogP contribution in [0.4, 0.5) is 0 Å². The number of nitrogens with two attached hydrogens (primary N) is 1. The minimum atomic E-state index is -0.266. The van der Waals surface area contributed by atoms with Crippen LogP contribution in [0, 0.1) is 6.92 Å². The van der Waals surface area contributed by atoms with Crippen molar-refractivity contribution in [2.75, 3.05) is 20.6 Å². The number of aromatic nitrogens is 1. The van der Waals surface area contributed by atoms with Crippen LogP contribution in [0.25, 0.3) is 0 Å². The summed E-state index contributed by atoms with van der Waals surface area (Å²) in [5, 5.41) is 1.19. The molecule has 3 nitrogen and oxygen atoms in total. The number of aryl methyl sites for hydroxylation is 1. The van der Waals surface area contributed by atoms with E-state index in [1.807, 2.05) is 20.8 Å². The Morgan fingerprint density at radius 3 is 2.40 bits per heavy atom. The van der Waals surface area contributed by atoms with Gasteiger partial charge in [-0.3, -0.25) is 0 Å². The molecule has 0 aromatic carbocycles. The summed E-state index contributed by atoms with van der Waals surface area (Å²) in [7, 11) is 4.16. The summed E-state index contributed by atoms with van der Waals surface area (Å²) in [6.45, 7) is 7.14. The van der Waals surface area contributed by atoms with Crippen molar-refractivity contribution in [2.45, 2.75) is 32.7 Å². The predicted octanol–water partition coefficient (Wildman–Crippen LogP) is 1.75. The molecule has 0 saturated heterocycles. The van der Waals surface area contributed by atoms with Gasteiger partial charge < -0.3 is 10.6 Å². The first kappa shape index (κ1) is 12.6. The second-order valence-electron chi connectivity index (χ2n) is 4.80. The van der Waals surface area contributed by atoms with E-state index in [-0.39, 0.29) is 5.54 Å². The highest BCUT2D eigenvalue weighted by Crippen LogP contribution is 2.27. The standard InChI is InChI=1S/C11H21N3S/c1-8-10(11(2,3)12)15-9(13-8)6-7-14(4)5/h6-7,12H2,1-5H3. The minimum Gasteiger partial charge on any atom is -0.321 e. The molecular formula is C11H21N3S. The summed E-state index contributed by atoms with van der Waals surface area (Å²) >= 11 is 1.75. The summed E-state index contributed by atoms with van der Waals surface area (Å²) in [5.41, 5.74) is 6.91. The fourth-order valence-electron chi connectivity index (χ4n) is 1.48. The maximum absolute atomic E-state index is 6.09. The van der Waals surface area contributed by atoms with Crippen LogP contribution in [0.15, 0.2) is 0 Å². The molecule has 4 heteroatoms. The molecule has 86 valence electrons. The minimum absolute atomic E-state index is 0.266. The van der Waals surface area contributed by atoms with E-state index in [1.165, 1.54) is 9.88 Å². The number of likely N-dealkylation sites (N-methyl/N-ethyl adjacent to an activating group) is 1. The molecule has 0 radical (unpaired) electrons. The van der Waals surface area contributed by atoms with Gasteiger partial charge in [-0.15, -0.1) is 11.3 Å². The third kappa shape index (κ3) is 3.55. The summed E-state index contributed by atoms with van der Waals surface area (Å²) in [5.74, 6) is 0. The Bertz CT molecular complexity index is 323. The Labute approximate surface area is 96.3 Å². The molecule has 0 fully saturated rings. The van der Waals surface area contributed by atoms with Gasteiger partial charge in [-0.2, -0.15) is 0 Å². The van der Waals surface area contributed by atoms with Crippen molar-refractivity contribution in [2.24, 2.45) is 5.73 Å². The van der Waals surface area contributed by atoms with Gasteiger partial charge in [0.1, 0.15) is 0 Å². The maximum Gasteiger partial charge on any atom is 0.0944 e. The lowest BCUT2D eigenvalue weighted by Gasteiger charge is -2.16. The van der Waals surface area contributed by atoms with E-state index < -0.39 is 0 Å². The van der Waals surface area contributed by atoms with Crippen LogP contribution in [-0.2, 0) is 12.0 Å². The van der Waals surface area contributed by atoms with Crippen molar-refractivity contribution in [1.82, 2.24) is 9.88 Å². The van der Waals surface area contributed by atoms with Crippen LogP contribution in [-0.4, -0.2) is 30.5 Å². The molecule has 0 saturated carbocycles. The third-order valence-electron chi connectivity index (χ3n) is 2.20. The fourth-order valence-corrected chi connectivity index (χ4v) is 2.54. The number of hydrogen-bond acceptors (Lipinski definition) is 4. The van der Waals surface area contributed by atoms with Crippen molar-refractivity contribution in [3.8, 4) is 0 Å². The molecule has 0 aliphatic rings. The van der Waals surface area contributed by atoms with E-state index in [1.54, 1.807) is 11.3 Å². The quantitative estimate of drug-likeness (QED) is 0.852. The van der Waals surface area contributed by atoms with Gasteiger partial charge in [0.15, 0.2) is 0 Å². The Morgan fingerprint density at radius 1 is 1.40 bits per heavy atom. The highest BCUT2D eigenvalue weighted by molar-refractivity contribution is 7.11. The average molecular weight is 227 g/mol. The molecule has 0 bridgehead atoms. The number of nitrogens with zero attached hydrogens (tertiary/aromatic N) is 2. The molecule has 1 heterocycles. The molecule has 15 heavy (non-hydrogen) atoms. The van der Waals surface area contributed by atoms with E-state index >= 15 is 0 Å². The van der Waals surface area contributed by atoms with Gasteiger partial charge in [-0.25, -0.2) is 4.98 Å². The highest BCUT2D eigenvalue weighted by Gasteiger charge is 2.21. The zero-order valence-corrected chi connectivity index (χ0v) is 11.1. The monoisotopic (exact) mass is 227 g/mol. The van der Waals surface area contributed by atoms with E-state index in [4.69, 9.17) is 5.73 Å². The molecule has 0 spiro atoms. The molecule has 0 atom stereocenters. The molecule has 0 amide bonds. The van der Waals surface area contributed by atoms with Crippen LogP contribution in [0.5, 0.6) is 0 Å². The number of hydrogen-bond donors (Lipinski definition) is 1. The van der Waals surface area contributed by atoms with Crippen LogP contribution in [0.1, 0.15) is 29.4 Å². The number of rotatable bonds is 4. The third-order valence-corrected chi connectivity index (χ3v) is 3.76. The fraction of sp³-hybridized carbons (Fsp3) is 0.727. The van der Waals surface area contributed by atoms with E-state index in [0.717, 1.165) is 18.7 Å². The van der Waals surface area contributed by atoms with Crippen molar-refractivity contribution in [3.05, 3.63) is 15.6 Å². The Kier molecular flexibility index (Phi) is 3.87. The average Bonchev–Trinajstić information content (AvgIpc) is 2.42. The Morgan fingerprint density at radius 2 is 2.00 bits per heavy atom. The second-order valence-corrected chi connectivity index (χ2v) is 5.88. The summed E-state index contributed by atoms with van der Waals surface area (Å²) < 4.78 is 0. The zero-order chi connectivity index (χ0) is 11.6. The first-order chi connectivity index (χ1) is 6.80. The summed E-state index contributed by atoms with van der Waals surface area (Å²) in [4.78, 5) is 7.94. The van der Waals surface area contributed by atoms with E-state index in [9.17, 15) is 0 Å². The van der Waals surface area contributed by atoms with Crippen LogP contribution in [0.3, 0.4) is 0 Å². The topological polar surface area (TPSA) is 42.2 Å². The van der Waals surface area contributed by atoms with Gasteiger partial charge in [-0.05, 0) is 34.9 Å². The Hall–Kier alpha value is -0.450. The van der Waals surface area contributed by atoms with Gasteiger partial charge in [0.2, 0.25) is 0 Å². The van der Waals surface area contributed by atoms with E-state index in [0.29, 0.717) is 0 Å². The normalized spacial score (nSPS) is 12.5. The summed E-state index contributed by atoms with van der Waals surface area (Å²) in [6, 6.07) is 0. The highest BCUT2D eigenvalue weighted by atomic mass is 32.1. The predicted molar refractivity (Wildman–Crippen MR) is 66.3 cm³/mol. The first-order valence-corrected chi connectivity index (χ1v) is 6.02. The first-order valence-electron chi connectivity index (χ1n) is 5.21. The van der Waals surface area contributed by atoms with Gasteiger partial charge in [0, 0.05) is 23.4 Å². The van der Waals surface area contributed by atoms with Gasteiger partial charge >= 0.3 is 0 Å². The maximum atomic E-state index is 6.09. The zero-order valence-electron chi connectivity index (χ0n) is 10.3. The molecule has 0 unspecified atom stereocenters. The van der Waals surface area contributed by atoms with Crippen molar-refractivity contribution in [3.63, 3.8) is 0 Å². The lowest BCUT2D eigenvalue weighted by Crippen LogP contribution is -2.28. The lowest BCUT2D eigenvalue weighted by atomic mass is 10.0. The molecule has 2 N–H and O–H groups in total. The van der Waals surface area contributed by atoms with Gasteiger partial charge in [0.05, 0.1) is 10.7 Å². The van der Waals surface area contributed by atoms with Crippen LogP contribution >= 0.6 is 11.3 Å². The SMILES string of the molecule is Cc1nc(CCN(C)C)sc1C(C)(C)N. The Balaban J connectivity index is 2.78. The molecule has 0 aliphatic carbocycles.